The molecule has 1 aliphatic heterocycles. The van der Waals surface area contributed by atoms with Crippen LogP contribution in [0.4, 0.5) is 8.78 Å². The van der Waals surface area contributed by atoms with Crippen molar-refractivity contribution in [2.75, 3.05) is 26.9 Å². The van der Waals surface area contributed by atoms with Gasteiger partial charge in [0.05, 0.1) is 29.9 Å². The van der Waals surface area contributed by atoms with Crippen LogP contribution in [0, 0.1) is 11.7 Å². The maximum Gasteiger partial charge on any atom is 0.254 e. The minimum absolute atomic E-state index is 0.104. The molecule has 2 aliphatic rings. The first-order chi connectivity index (χ1) is 17.4. The Labute approximate surface area is 207 Å². The molecule has 188 valence electrons. The number of nitrogens with two attached hydrogens (primary N) is 1. The van der Waals surface area contributed by atoms with E-state index in [1.807, 2.05) is 25.2 Å². The zero-order valence-electron chi connectivity index (χ0n) is 20.4. The first kappa shape index (κ1) is 23.0. The average molecular weight is 494 g/mol. The Morgan fingerprint density at radius 3 is 2.78 bits per heavy atom. The zero-order valence-corrected chi connectivity index (χ0v) is 20.4. The number of ether oxygens (including phenoxy) is 1. The number of carbonyl (C=O) groups is 1. The average Bonchev–Trinajstić information content (AvgIpc) is 3.55. The number of methoxy groups -OCH3 is 1. The summed E-state index contributed by atoms with van der Waals surface area (Å²) in [5.41, 5.74) is 9.16. The number of nitrogens with zero attached hydrogens (tertiary/aromatic N) is 4. The Morgan fingerprint density at radius 2 is 2.06 bits per heavy atom. The number of rotatable bonds is 7. The van der Waals surface area contributed by atoms with E-state index in [2.05, 4.69) is 10.6 Å². The summed E-state index contributed by atoms with van der Waals surface area (Å²) >= 11 is 0. The van der Waals surface area contributed by atoms with Gasteiger partial charge in [-0.2, -0.15) is 0 Å². The van der Waals surface area contributed by atoms with Gasteiger partial charge in [-0.1, -0.05) is 0 Å². The van der Waals surface area contributed by atoms with Gasteiger partial charge in [-0.05, 0) is 49.4 Å². The number of aryl methyl sites for hydroxylation is 1. The molecule has 0 spiro atoms. The van der Waals surface area contributed by atoms with Gasteiger partial charge in [0.15, 0.2) is 11.6 Å². The normalized spacial score (nSPS) is 16.7. The number of fused-ring (bicyclic) bond motifs is 3. The molecule has 0 saturated heterocycles. The molecule has 0 bridgehead atoms. The summed E-state index contributed by atoms with van der Waals surface area (Å²) in [5, 5.41) is 1.06. The van der Waals surface area contributed by atoms with E-state index in [4.69, 9.17) is 15.5 Å². The van der Waals surface area contributed by atoms with Crippen LogP contribution in [0.5, 0.6) is 5.75 Å². The molecule has 2 N–H and O–H groups in total. The van der Waals surface area contributed by atoms with Gasteiger partial charge in [-0.15, -0.1) is 0 Å². The third-order valence-electron chi connectivity index (χ3n) is 7.48. The molecule has 1 saturated carbocycles. The van der Waals surface area contributed by atoms with E-state index in [0.717, 1.165) is 28.9 Å². The number of aromatic nitrogens is 3. The molecule has 6 rings (SSSR count). The van der Waals surface area contributed by atoms with Crippen molar-refractivity contribution in [3.05, 3.63) is 47.3 Å². The fourth-order valence-corrected chi connectivity index (χ4v) is 5.36. The molecule has 2 aromatic heterocycles. The van der Waals surface area contributed by atoms with Gasteiger partial charge in [0.25, 0.3) is 5.91 Å². The van der Waals surface area contributed by atoms with Crippen molar-refractivity contribution in [2.24, 2.45) is 18.7 Å². The number of halogens is 2. The fourth-order valence-electron chi connectivity index (χ4n) is 5.36. The fraction of sp³-hybridized carbons (Fsp3) is 0.407. The van der Waals surface area contributed by atoms with Crippen LogP contribution in [0.15, 0.2) is 30.3 Å². The SMILES string of the molecule is COc1ccc2cc(-c3nc4cc5c(c(F)c4n3C)CCN(C[C@H](N)CF)C5=O)n(CC3CC3)c2c1. The summed E-state index contributed by atoms with van der Waals surface area (Å²) in [6, 6.07) is 8.99. The summed E-state index contributed by atoms with van der Waals surface area (Å²) in [4.78, 5) is 19.4. The third-order valence-corrected chi connectivity index (χ3v) is 7.48. The van der Waals surface area contributed by atoms with E-state index in [0.29, 0.717) is 41.3 Å². The lowest BCUT2D eigenvalue weighted by atomic mass is 9.97. The van der Waals surface area contributed by atoms with Gasteiger partial charge in [-0.3, -0.25) is 4.79 Å². The zero-order chi connectivity index (χ0) is 25.1. The first-order valence-electron chi connectivity index (χ1n) is 12.4. The van der Waals surface area contributed by atoms with Crippen LogP contribution in [0.3, 0.4) is 0 Å². The number of carbonyl (C=O) groups excluding carboxylic acids is 1. The Bertz CT molecular complexity index is 1500. The van der Waals surface area contributed by atoms with Crippen LogP contribution in [0.25, 0.3) is 33.5 Å². The smallest absolute Gasteiger partial charge is 0.254 e. The van der Waals surface area contributed by atoms with Crippen LogP contribution in [0.1, 0.15) is 28.8 Å². The second-order valence-electron chi connectivity index (χ2n) is 10.0. The number of benzene rings is 2. The number of hydrogen-bond donors (Lipinski definition) is 1. The third kappa shape index (κ3) is 3.64. The van der Waals surface area contributed by atoms with Gasteiger partial charge in [0, 0.05) is 49.3 Å². The summed E-state index contributed by atoms with van der Waals surface area (Å²) in [5.74, 6) is 1.29. The van der Waals surface area contributed by atoms with Gasteiger partial charge >= 0.3 is 0 Å². The molecule has 0 radical (unpaired) electrons. The van der Waals surface area contributed by atoms with Crippen LogP contribution >= 0.6 is 0 Å². The van der Waals surface area contributed by atoms with Gasteiger partial charge in [-0.25, -0.2) is 13.8 Å². The van der Waals surface area contributed by atoms with Crippen LogP contribution in [0.2, 0.25) is 0 Å². The Balaban J connectivity index is 1.49. The van der Waals surface area contributed by atoms with E-state index in [9.17, 15) is 9.18 Å². The van der Waals surface area contributed by atoms with Gasteiger partial charge in [0.2, 0.25) is 0 Å². The highest BCUT2D eigenvalue weighted by molar-refractivity contribution is 6.01. The van der Waals surface area contributed by atoms with E-state index in [1.165, 1.54) is 17.7 Å². The Hall–Kier alpha value is -3.46. The molecule has 36 heavy (non-hydrogen) atoms. The maximum atomic E-state index is 15.9. The van der Waals surface area contributed by atoms with Crippen LogP contribution in [-0.2, 0) is 20.0 Å². The molecule has 9 heteroatoms. The molecule has 2 aromatic carbocycles. The predicted molar refractivity (Wildman–Crippen MR) is 134 cm³/mol. The highest BCUT2D eigenvalue weighted by atomic mass is 19.1. The van der Waals surface area contributed by atoms with E-state index in [-0.39, 0.29) is 18.0 Å². The summed E-state index contributed by atoms with van der Waals surface area (Å²) in [6.45, 7) is 0.557. The lowest BCUT2D eigenvalue weighted by Gasteiger charge is -2.30. The molecular weight excluding hydrogens is 464 g/mol. The van der Waals surface area contributed by atoms with Gasteiger partial charge in [0.1, 0.15) is 17.9 Å². The molecule has 1 fully saturated rings. The van der Waals surface area contributed by atoms with Gasteiger partial charge < -0.3 is 24.5 Å². The summed E-state index contributed by atoms with van der Waals surface area (Å²) in [6.07, 6.45) is 2.74. The van der Waals surface area contributed by atoms with Crippen LogP contribution in [-0.4, -0.2) is 57.8 Å². The van der Waals surface area contributed by atoms with Crippen molar-refractivity contribution in [2.45, 2.75) is 31.8 Å². The van der Waals surface area contributed by atoms with Crippen LogP contribution < -0.4 is 10.5 Å². The predicted octanol–water partition coefficient (Wildman–Crippen LogP) is 4.05. The monoisotopic (exact) mass is 493 g/mol. The van der Waals surface area contributed by atoms with Crippen molar-refractivity contribution in [3.63, 3.8) is 0 Å². The largest absolute Gasteiger partial charge is 0.497 e. The van der Waals surface area contributed by atoms with Crippen molar-refractivity contribution < 1.29 is 18.3 Å². The quantitative estimate of drug-likeness (QED) is 0.421. The summed E-state index contributed by atoms with van der Waals surface area (Å²) in [7, 11) is 3.47. The summed E-state index contributed by atoms with van der Waals surface area (Å²) < 4.78 is 38.3. The molecular formula is C27H29F2N5O2. The van der Waals surface area contributed by atoms with Crippen molar-refractivity contribution >= 4 is 27.8 Å². The van der Waals surface area contributed by atoms with Crippen molar-refractivity contribution in [1.82, 2.24) is 19.0 Å². The Morgan fingerprint density at radius 1 is 1.25 bits per heavy atom. The molecule has 0 unspecified atom stereocenters. The minimum atomic E-state index is -0.752. The second-order valence-corrected chi connectivity index (χ2v) is 10.0. The molecule has 1 amide bonds. The standard InChI is InChI=1S/C27H29F2N5O2/c1-32-25-21(11-20-19(24(25)29)7-8-33(27(20)35)14-17(30)12-28)31-26(32)23-9-16-5-6-18(36-2)10-22(16)34(23)13-15-3-4-15/h5-6,9-11,15,17H,3-4,7-8,12-14,30H2,1-2H3/t17-/m1/s1. The molecule has 7 nitrogen and oxygen atoms in total. The van der Waals surface area contributed by atoms with E-state index >= 15 is 4.39 Å². The molecule has 3 heterocycles. The lowest BCUT2D eigenvalue weighted by molar-refractivity contribution is 0.0723. The first-order valence-corrected chi connectivity index (χ1v) is 12.4. The topological polar surface area (TPSA) is 78.3 Å². The number of alkyl halides is 1. The number of hydrogen-bond acceptors (Lipinski definition) is 4. The number of amides is 1. The Kier molecular flexibility index (Phi) is 5.48. The van der Waals surface area contributed by atoms with E-state index < -0.39 is 18.5 Å². The second kappa shape index (κ2) is 8.58. The lowest BCUT2D eigenvalue weighted by Crippen LogP contribution is -2.45. The maximum absolute atomic E-state index is 15.9. The van der Waals surface area contributed by atoms with Crippen molar-refractivity contribution in [1.29, 1.82) is 0 Å². The number of imidazole rings is 1. The molecule has 1 atom stereocenters. The molecule has 1 aliphatic carbocycles. The van der Waals surface area contributed by atoms with Crippen molar-refractivity contribution in [3.8, 4) is 17.3 Å². The van der Waals surface area contributed by atoms with E-state index in [1.54, 1.807) is 17.7 Å². The minimum Gasteiger partial charge on any atom is -0.497 e. The molecule has 4 aromatic rings. The highest BCUT2D eigenvalue weighted by Gasteiger charge is 2.31. The highest BCUT2D eigenvalue weighted by Crippen LogP contribution is 2.38.